The molecule has 3 rings (SSSR count). The minimum atomic E-state index is -0.770. The third kappa shape index (κ3) is 3.03. The van der Waals surface area contributed by atoms with Gasteiger partial charge < -0.3 is 15.6 Å². The summed E-state index contributed by atoms with van der Waals surface area (Å²) in [6.45, 7) is 0.202. The summed E-state index contributed by atoms with van der Waals surface area (Å²) < 4.78 is 4.68. The summed E-state index contributed by atoms with van der Waals surface area (Å²) in [5.74, 6) is -0.327. The minimum absolute atomic E-state index is 0.202. The highest BCUT2D eigenvalue weighted by Crippen LogP contribution is 2.15. The molecule has 1 amide bonds. The van der Waals surface area contributed by atoms with Crippen LogP contribution < -0.4 is 11.1 Å². The number of hydrogen-bond donors (Lipinski definition) is 2. The second-order valence-corrected chi connectivity index (χ2v) is 4.24. The smallest absolute Gasteiger partial charge is 0.315 e. The van der Waals surface area contributed by atoms with Gasteiger partial charge in [-0.3, -0.25) is 9.78 Å². The second-order valence-electron chi connectivity index (χ2n) is 4.24. The van der Waals surface area contributed by atoms with E-state index >= 15 is 0 Å². The largest absolute Gasteiger partial charge is 0.361 e. The molecule has 22 heavy (non-hydrogen) atoms. The van der Waals surface area contributed by atoms with Crippen LogP contribution in [-0.2, 0) is 6.54 Å². The van der Waals surface area contributed by atoms with Crippen molar-refractivity contribution in [3.63, 3.8) is 0 Å². The zero-order chi connectivity index (χ0) is 15.4. The predicted octanol–water partition coefficient (Wildman–Crippen LogP) is 0.633. The first-order valence-electron chi connectivity index (χ1n) is 6.32. The molecule has 0 bridgehead atoms. The summed E-state index contributed by atoms with van der Waals surface area (Å²) in [6.07, 6.45) is 5.03. The van der Waals surface area contributed by atoms with Crippen molar-refractivity contribution in [3.05, 3.63) is 48.5 Å². The zero-order valence-corrected chi connectivity index (χ0v) is 11.3. The maximum Gasteiger partial charge on any atom is 0.315 e. The number of carbonyl (C=O) groups excluding carboxylic acids is 1. The number of aromatic nitrogens is 5. The quantitative estimate of drug-likeness (QED) is 0.700. The molecule has 3 heterocycles. The number of nitrogens with one attached hydrogen (secondary N) is 1. The van der Waals surface area contributed by atoms with Gasteiger partial charge in [-0.15, -0.1) is 0 Å². The molecular formula is C13H11N7O2. The third-order valence-corrected chi connectivity index (χ3v) is 2.70. The molecule has 0 saturated carbocycles. The fourth-order valence-corrected chi connectivity index (χ4v) is 1.70. The lowest BCUT2D eigenvalue weighted by Gasteiger charge is -2.04. The Hall–Kier alpha value is -3.36. The van der Waals surface area contributed by atoms with Crippen molar-refractivity contribution in [2.75, 3.05) is 5.32 Å². The van der Waals surface area contributed by atoms with Crippen LogP contribution in [0.3, 0.4) is 0 Å². The van der Waals surface area contributed by atoms with Crippen LogP contribution in [0, 0.1) is 0 Å². The Balaban J connectivity index is 1.71. The summed E-state index contributed by atoms with van der Waals surface area (Å²) in [4.78, 5) is 27.2. The van der Waals surface area contributed by atoms with Crippen molar-refractivity contribution in [1.82, 2.24) is 25.1 Å². The van der Waals surface area contributed by atoms with E-state index in [0.717, 1.165) is 11.3 Å². The Morgan fingerprint density at radius 2 is 2.18 bits per heavy atom. The van der Waals surface area contributed by atoms with Gasteiger partial charge in [-0.05, 0) is 18.2 Å². The van der Waals surface area contributed by atoms with Gasteiger partial charge in [0.1, 0.15) is 0 Å². The number of primary amides is 1. The van der Waals surface area contributed by atoms with E-state index in [2.05, 4.69) is 34.9 Å². The molecule has 9 heteroatoms. The lowest BCUT2D eigenvalue weighted by Crippen LogP contribution is -2.11. The molecule has 0 spiro atoms. The maximum atomic E-state index is 10.9. The summed E-state index contributed by atoms with van der Waals surface area (Å²) >= 11 is 0. The van der Waals surface area contributed by atoms with Gasteiger partial charge in [0.25, 0.3) is 0 Å². The number of rotatable bonds is 5. The van der Waals surface area contributed by atoms with E-state index in [9.17, 15) is 4.79 Å². The van der Waals surface area contributed by atoms with Crippen LogP contribution in [-0.4, -0.2) is 31.0 Å². The first kappa shape index (κ1) is 13.6. The van der Waals surface area contributed by atoms with Crippen LogP contribution in [0.5, 0.6) is 0 Å². The van der Waals surface area contributed by atoms with Gasteiger partial charge in [0.05, 0.1) is 12.2 Å². The second kappa shape index (κ2) is 5.95. The Bertz CT molecular complexity index is 788. The van der Waals surface area contributed by atoms with Gasteiger partial charge in [0.15, 0.2) is 5.82 Å². The first-order chi connectivity index (χ1) is 10.7. The van der Waals surface area contributed by atoms with Crippen molar-refractivity contribution in [1.29, 1.82) is 0 Å². The lowest BCUT2D eigenvalue weighted by molar-refractivity contribution is 0.0958. The number of hydrogen-bond acceptors (Lipinski definition) is 8. The van der Waals surface area contributed by atoms with Gasteiger partial charge in [0, 0.05) is 24.2 Å². The van der Waals surface area contributed by atoms with Crippen LogP contribution in [0.25, 0.3) is 11.3 Å². The third-order valence-electron chi connectivity index (χ3n) is 2.70. The van der Waals surface area contributed by atoms with Gasteiger partial charge in [-0.1, -0.05) is 5.16 Å². The highest BCUT2D eigenvalue weighted by Gasteiger charge is 2.11. The van der Waals surface area contributed by atoms with Crippen molar-refractivity contribution in [3.8, 4) is 11.3 Å². The average molecular weight is 297 g/mol. The summed E-state index contributed by atoms with van der Waals surface area (Å²) in [6, 6.07) is 5.51. The fourth-order valence-electron chi connectivity index (χ4n) is 1.70. The molecule has 0 aliphatic rings. The Labute approximate surface area is 124 Å². The topological polar surface area (TPSA) is 133 Å². The summed E-state index contributed by atoms with van der Waals surface area (Å²) in [7, 11) is 0. The molecule has 3 aromatic heterocycles. The molecule has 0 fully saturated rings. The summed E-state index contributed by atoms with van der Waals surface area (Å²) in [5.41, 5.74) is 6.64. The maximum absolute atomic E-state index is 10.9. The number of nitrogens with zero attached hydrogens (tertiary/aromatic N) is 5. The Kier molecular flexibility index (Phi) is 3.69. The number of pyridine rings is 1. The van der Waals surface area contributed by atoms with E-state index in [1.807, 2.05) is 12.1 Å². The molecule has 110 valence electrons. The van der Waals surface area contributed by atoms with Crippen molar-refractivity contribution in [2.24, 2.45) is 5.73 Å². The van der Waals surface area contributed by atoms with E-state index < -0.39 is 5.91 Å². The highest BCUT2D eigenvalue weighted by molar-refractivity contribution is 5.87. The average Bonchev–Trinajstić information content (AvgIpc) is 3.03. The number of anilines is 1. The molecule has 0 aliphatic carbocycles. The molecule has 9 nitrogen and oxygen atoms in total. The van der Waals surface area contributed by atoms with E-state index in [1.165, 1.54) is 0 Å². The SMILES string of the molecule is NC(=O)c1nc(CNc2nccc(-c3cccnc3)n2)no1. The normalized spacial score (nSPS) is 10.4. The highest BCUT2D eigenvalue weighted by atomic mass is 16.5. The van der Waals surface area contributed by atoms with E-state index in [-0.39, 0.29) is 18.3 Å². The van der Waals surface area contributed by atoms with Gasteiger partial charge >= 0.3 is 11.8 Å². The first-order valence-corrected chi connectivity index (χ1v) is 6.32. The molecule has 3 N–H and O–H groups in total. The number of nitrogens with two attached hydrogens (primary N) is 1. The molecule has 0 aromatic carbocycles. The molecule has 0 aliphatic heterocycles. The van der Waals surface area contributed by atoms with Crippen molar-refractivity contribution < 1.29 is 9.32 Å². The van der Waals surface area contributed by atoms with Crippen LogP contribution in [0.2, 0.25) is 0 Å². The van der Waals surface area contributed by atoms with E-state index in [0.29, 0.717) is 5.95 Å². The Morgan fingerprint density at radius 3 is 2.91 bits per heavy atom. The molecule has 0 unspecified atom stereocenters. The standard InChI is InChI=1S/C13H11N7O2/c14-11(21)12-19-10(20-22-12)7-17-13-16-5-3-9(18-13)8-2-1-4-15-6-8/h1-6H,7H2,(H2,14,21)(H,16,17,18). The Morgan fingerprint density at radius 1 is 1.27 bits per heavy atom. The van der Waals surface area contributed by atoms with Crippen LogP contribution in [0.4, 0.5) is 5.95 Å². The molecule has 0 radical (unpaired) electrons. The van der Waals surface area contributed by atoms with Crippen LogP contribution in [0.15, 0.2) is 41.3 Å². The summed E-state index contributed by atoms with van der Waals surface area (Å²) in [5, 5.41) is 6.56. The van der Waals surface area contributed by atoms with Gasteiger partial charge in [0.2, 0.25) is 5.95 Å². The van der Waals surface area contributed by atoms with Crippen molar-refractivity contribution >= 4 is 11.9 Å². The minimum Gasteiger partial charge on any atom is -0.361 e. The van der Waals surface area contributed by atoms with Crippen LogP contribution >= 0.6 is 0 Å². The molecule has 0 saturated heterocycles. The van der Waals surface area contributed by atoms with E-state index in [1.54, 1.807) is 24.7 Å². The van der Waals surface area contributed by atoms with E-state index in [4.69, 9.17) is 5.73 Å². The molecular weight excluding hydrogens is 286 g/mol. The molecule has 0 atom stereocenters. The fraction of sp³-hybridized carbons (Fsp3) is 0.0769. The van der Waals surface area contributed by atoms with Crippen molar-refractivity contribution in [2.45, 2.75) is 6.54 Å². The molecule has 3 aromatic rings. The number of amides is 1. The van der Waals surface area contributed by atoms with Gasteiger partial charge in [-0.25, -0.2) is 9.97 Å². The lowest BCUT2D eigenvalue weighted by atomic mass is 10.2. The number of carbonyl (C=O) groups is 1. The predicted molar refractivity (Wildman–Crippen MR) is 75.4 cm³/mol. The van der Waals surface area contributed by atoms with Gasteiger partial charge in [-0.2, -0.15) is 4.98 Å². The zero-order valence-electron chi connectivity index (χ0n) is 11.3. The monoisotopic (exact) mass is 297 g/mol. The van der Waals surface area contributed by atoms with Crippen LogP contribution in [0.1, 0.15) is 16.5 Å².